The Balaban J connectivity index is 0.00000306. The molecule has 2 N–H and O–H groups in total. The van der Waals surface area contributed by atoms with Crippen LogP contribution in [-0.2, 0) is 16.1 Å². The van der Waals surface area contributed by atoms with E-state index in [1.807, 2.05) is 23.1 Å². The Morgan fingerprint density at radius 3 is 2.58 bits per heavy atom. The van der Waals surface area contributed by atoms with Crippen LogP contribution in [0.15, 0.2) is 59.6 Å². The van der Waals surface area contributed by atoms with Crippen molar-refractivity contribution in [2.75, 3.05) is 31.1 Å². The van der Waals surface area contributed by atoms with Crippen LogP contribution in [0.1, 0.15) is 49.8 Å². The van der Waals surface area contributed by atoms with Crippen molar-refractivity contribution in [1.82, 2.24) is 10.6 Å². The fourth-order valence-electron chi connectivity index (χ4n) is 4.51. The number of rotatable bonds is 7. The number of carbonyl (C=O) groups is 1. The van der Waals surface area contributed by atoms with Gasteiger partial charge < -0.3 is 20.3 Å². The van der Waals surface area contributed by atoms with E-state index in [1.54, 1.807) is 0 Å². The third-order valence-corrected chi connectivity index (χ3v) is 6.19. The maximum atomic E-state index is 11.9. The van der Waals surface area contributed by atoms with Crippen molar-refractivity contribution in [3.05, 3.63) is 65.7 Å². The fraction of sp³-hybridized carbons (Fsp3) is 0.462. The van der Waals surface area contributed by atoms with Crippen LogP contribution in [0.3, 0.4) is 0 Å². The Morgan fingerprint density at radius 2 is 1.88 bits per heavy atom. The lowest BCUT2D eigenvalue weighted by molar-refractivity contribution is -0.117. The average Bonchev–Trinajstić information content (AvgIpc) is 3.28. The molecule has 2 aromatic rings. The molecule has 1 amide bonds. The number of ether oxygens (including phenoxy) is 1. The van der Waals surface area contributed by atoms with Gasteiger partial charge in [0.2, 0.25) is 5.91 Å². The van der Waals surface area contributed by atoms with Gasteiger partial charge in [-0.2, -0.15) is 0 Å². The number of nitrogens with zero attached hydrogens (tertiary/aromatic N) is 2. The second-order valence-electron chi connectivity index (χ2n) is 8.50. The van der Waals surface area contributed by atoms with Gasteiger partial charge in [0.25, 0.3) is 0 Å². The highest BCUT2D eigenvalue weighted by Crippen LogP contribution is 2.33. The number of guanidine groups is 1. The van der Waals surface area contributed by atoms with Gasteiger partial charge in [0.1, 0.15) is 0 Å². The zero-order chi connectivity index (χ0) is 22.2. The lowest BCUT2D eigenvalue weighted by Gasteiger charge is -2.32. The Kier molecular flexibility index (Phi) is 9.99. The van der Waals surface area contributed by atoms with Crippen molar-refractivity contribution in [2.24, 2.45) is 10.9 Å². The van der Waals surface area contributed by atoms with E-state index in [1.165, 1.54) is 5.56 Å². The lowest BCUT2D eigenvalue weighted by atomic mass is 9.89. The molecule has 0 aromatic heterocycles. The number of hydrogen-bond donors (Lipinski definition) is 2. The fourth-order valence-corrected chi connectivity index (χ4v) is 4.51. The molecular formula is C26H35IN4O2. The molecule has 7 heteroatoms. The monoisotopic (exact) mass is 562 g/mol. The maximum Gasteiger partial charge on any atom is 0.227 e. The molecule has 2 aliphatic rings. The van der Waals surface area contributed by atoms with Gasteiger partial charge in [0.05, 0.1) is 12.6 Å². The third-order valence-electron chi connectivity index (χ3n) is 6.19. The number of hydrogen-bond acceptors (Lipinski definition) is 3. The summed E-state index contributed by atoms with van der Waals surface area (Å²) in [6.45, 7) is 5.94. The third kappa shape index (κ3) is 6.93. The second-order valence-corrected chi connectivity index (χ2v) is 8.50. The molecule has 2 atom stereocenters. The quantitative estimate of drug-likeness (QED) is 0.293. The Labute approximate surface area is 214 Å². The average molecular weight is 562 g/mol. The van der Waals surface area contributed by atoms with Gasteiger partial charge in [0.15, 0.2) is 5.96 Å². The highest BCUT2D eigenvalue weighted by molar-refractivity contribution is 14.0. The molecule has 2 saturated heterocycles. The van der Waals surface area contributed by atoms with E-state index in [4.69, 9.17) is 9.73 Å². The Bertz CT molecular complexity index is 904. The summed E-state index contributed by atoms with van der Waals surface area (Å²) in [5, 5.41) is 6.88. The number of carbonyl (C=O) groups excluding carboxylic acids is 1. The SMILES string of the molecule is CCNC(=NCc1ccc(N2CCCC2=O)cc1)NCC1CCCOC1c1ccccc1.I. The van der Waals surface area contributed by atoms with E-state index < -0.39 is 0 Å². The van der Waals surface area contributed by atoms with Gasteiger partial charge in [-0.05, 0) is 49.4 Å². The molecule has 2 heterocycles. The van der Waals surface area contributed by atoms with Gasteiger partial charge >= 0.3 is 0 Å². The molecule has 4 rings (SSSR count). The first-order valence-corrected chi connectivity index (χ1v) is 11.8. The van der Waals surface area contributed by atoms with Crippen LogP contribution in [0.2, 0.25) is 0 Å². The normalized spacial score (nSPS) is 20.9. The summed E-state index contributed by atoms with van der Waals surface area (Å²) in [7, 11) is 0. The van der Waals surface area contributed by atoms with Crippen LogP contribution in [-0.4, -0.2) is 38.1 Å². The first-order valence-electron chi connectivity index (χ1n) is 11.8. The van der Waals surface area contributed by atoms with Crippen LogP contribution < -0.4 is 15.5 Å². The predicted molar refractivity (Wildman–Crippen MR) is 144 cm³/mol. The van der Waals surface area contributed by atoms with Crippen LogP contribution in [0.25, 0.3) is 0 Å². The highest BCUT2D eigenvalue weighted by atomic mass is 127. The zero-order valence-electron chi connectivity index (χ0n) is 19.3. The summed E-state index contributed by atoms with van der Waals surface area (Å²) in [5.41, 5.74) is 3.35. The minimum absolute atomic E-state index is 0. The number of aliphatic imine (C=N–C) groups is 1. The smallest absolute Gasteiger partial charge is 0.227 e. The molecule has 33 heavy (non-hydrogen) atoms. The van der Waals surface area contributed by atoms with Crippen molar-refractivity contribution in [2.45, 2.75) is 45.3 Å². The summed E-state index contributed by atoms with van der Waals surface area (Å²) >= 11 is 0. The van der Waals surface area contributed by atoms with Gasteiger partial charge in [0, 0.05) is 44.3 Å². The van der Waals surface area contributed by atoms with Crippen molar-refractivity contribution < 1.29 is 9.53 Å². The molecule has 0 radical (unpaired) electrons. The molecule has 2 unspecified atom stereocenters. The molecule has 0 aliphatic carbocycles. The minimum Gasteiger partial charge on any atom is -0.373 e. The second kappa shape index (κ2) is 12.9. The summed E-state index contributed by atoms with van der Waals surface area (Å²) in [6, 6.07) is 18.7. The summed E-state index contributed by atoms with van der Waals surface area (Å²) < 4.78 is 6.13. The first kappa shape index (κ1) is 25.5. The van der Waals surface area contributed by atoms with Crippen LogP contribution in [0.5, 0.6) is 0 Å². The van der Waals surface area contributed by atoms with Crippen molar-refractivity contribution in [1.29, 1.82) is 0 Å². The molecule has 2 fully saturated rings. The number of anilines is 1. The van der Waals surface area contributed by atoms with Crippen LogP contribution in [0.4, 0.5) is 5.69 Å². The topological polar surface area (TPSA) is 66.0 Å². The maximum absolute atomic E-state index is 11.9. The number of nitrogens with one attached hydrogen (secondary N) is 2. The van der Waals surface area contributed by atoms with Gasteiger partial charge in [-0.15, -0.1) is 24.0 Å². The molecule has 6 nitrogen and oxygen atoms in total. The van der Waals surface area contributed by atoms with Gasteiger partial charge in [-0.3, -0.25) is 4.79 Å². The molecule has 2 aliphatic heterocycles. The lowest BCUT2D eigenvalue weighted by Crippen LogP contribution is -2.42. The number of benzene rings is 2. The molecular weight excluding hydrogens is 527 g/mol. The van der Waals surface area contributed by atoms with Gasteiger partial charge in [-0.25, -0.2) is 4.99 Å². The van der Waals surface area contributed by atoms with Crippen molar-refractivity contribution in [3.8, 4) is 0 Å². The molecule has 2 aromatic carbocycles. The molecule has 0 bridgehead atoms. The van der Waals surface area contributed by atoms with E-state index in [9.17, 15) is 4.79 Å². The zero-order valence-corrected chi connectivity index (χ0v) is 21.7. The van der Waals surface area contributed by atoms with Gasteiger partial charge in [-0.1, -0.05) is 42.5 Å². The molecule has 0 saturated carbocycles. The molecule has 178 valence electrons. The number of amides is 1. The molecule has 0 spiro atoms. The number of halogens is 1. The first-order chi connectivity index (χ1) is 15.7. The summed E-state index contributed by atoms with van der Waals surface area (Å²) in [6.07, 6.45) is 3.96. The Hall–Kier alpha value is -2.13. The van der Waals surface area contributed by atoms with Crippen LogP contribution in [0, 0.1) is 5.92 Å². The predicted octanol–water partition coefficient (Wildman–Crippen LogP) is 4.65. The highest BCUT2D eigenvalue weighted by Gasteiger charge is 2.27. The minimum atomic E-state index is 0. The van der Waals surface area contributed by atoms with Crippen molar-refractivity contribution >= 4 is 41.5 Å². The van der Waals surface area contributed by atoms with E-state index in [0.29, 0.717) is 18.9 Å². The van der Waals surface area contributed by atoms with Crippen molar-refractivity contribution in [3.63, 3.8) is 0 Å². The van der Waals surface area contributed by atoms with E-state index in [2.05, 4.69) is 54.0 Å². The largest absolute Gasteiger partial charge is 0.373 e. The summed E-state index contributed by atoms with van der Waals surface area (Å²) in [4.78, 5) is 18.6. The Morgan fingerprint density at radius 1 is 1.09 bits per heavy atom. The van der Waals surface area contributed by atoms with E-state index >= 15 is 0 Å². The summed E-state index contributed by atoms with van der Waals surface area (Å²) in [5.74, 6) is 1.45. The standard InChI is InChI=1S/C26H34N4O2.HI/c1-2-27-26(28-18-20-12-14-23(15-13-20)30-16-6-11-24(30)31)29-19-22-10-7-17-32-25(22)21-8-4-3-5-9-21;/h3-5,8-9,12-15,22,25H,2,6-7,10-11,16-19H2,1H3,(H2,27,28,29);1H. The van der Waals surface area contributed by atoms with Crippen LogP contribution >= 0.6 is 24.0 Å². The van der Waals surface area contributed by atoms with E-state index in [-0.39, 0.29) is 36.0 Å². The van der Waals surface area contributed by atoms with E-state index in [0.717, 1.165) is 62.7 Å².